The number of nitrogens with two attached hydrogens (primary N) is 1. The van der Waals surface area contributed by atoms with Crippen molar-refractivity contribution in [3.05, 3.63) is 71.3 Å². The summed E-state index contributed by atoms with van der Waals surface area (Å²) in [6.07, 6.45) is 1.28. The van der Waals surface area contributed by atoms with E-state index in [-0.39, 0.29) is 37.5 Å². The van der Waals surface area contributed by atoms with Gasteiger partial charge >= 0.3 is 0 Å². The van der Waals surface area contributed by atoms with Gasteiger partial charge in [0.05, 0.1) is 24.2 Å². The van der Waals surface area contributed by atoms with E-state index >= 15 is 0 Å². The van der Waals surface area contributed by atoms with Crippen LogP contribution in [0.2, 0.25) is 0 Å². The topological polar surface area (TPSA) is 105 Å². The molecule has 39 heavy (non-hydrogen) atoms. The van der Waals surface area contributed by atoms with E-state index in [0.29, 0.717) is 31.5 Å². The number of hydrogen-bond acceptors (Lipinski definition) is 5. The molecule has 0 saturated carbocycles. The Labute approximate surface area is 227 Å². The number of likely N-dealkylation sites (N-methyl/N-ethyl adjacent to an activating group) is 1. The number of carbonyl (C=O) groups is 3. The number of benzene rings is 2. The Hall–Kier alpha value is -3.37. The van der Waals surface area contributed by atoms with E-state index in [1.165, 1.54) is 19.9 Å². The van der Waals surface area contributed by atoms with Crippen molar-refractivity contribution >= 4 is 17.7 Å². The lowest BCUT2D eigenvalue weighted by Crippen LogP contribution is -2.60. The minimum Gasteiger partial charge on any atom is -0.374 e. The quantitative estimate of drug-likeness (QED) is 0.534. The molecular weight excluding hydrogens is 506 g/mol. The molecule has 10 heteroatoms. The molecule has 0 aromatic heterocycles. The summed E-state index contributed by atoms with van der Waals surface area (Å²) in [4.78, 5) is 43.4. The van der Waals surface area contributed by atoms with Crippen molar-refractivity contribution in [2.75, 3.05) is 33.3 Å². The van der Waals surface area contributed by atoms with Crippen LogP contribution in [0.1, 0.15) is 43.7 Å². The first-order valence-corrected chi connectivity index (χ1v) is 13.1. The van der Waals surface area contributed by atoms with Crippen LogP contribution in [0, 0.1) is 17.0 Å². The first kappa shape index (κ1) is 28.6. The van der Waals surface area contributed by atoms with Crippen molar-refractivity contribution in [1.29, 1.82) is 0 Å². The lowest BCUT2D eigenvalue weighted by atomic mass is 9.69. The Morgan fingerprint density at radius 2 is 1.90 bits per heavy atom. The van der Waals surface area contributed by atoms with Crippen LogP contribution in [0.3, 0.4) is 0 Å². The zero-order valence-electron chi connectivity index (χ0n) is 22.6. The minimum absolute atomic E-state index is 0.00659. The predicted molar refractivity (Wildman–Crippen MR) is 141 cm³/mol. The highest BCUT2D eigenvalue weighted by Crippen LogP contribution is 2.49. The number of halogens is 2. The molecule has 2 saturated heterocycles. The third kappa shape index (κ3) is 6.12. The lowest BCUT2D eigenvalue weighted by molar-refractivity contribution is -0.147. The van der Waals surface area contributed by atoms with E-state index in [0.717, 1.165) is 17.7 Å². The van der Waals surface area contributed by atoms with Crippen LogP contribution in [0.5, 0.6) is 0 Å². The zero-order chi connectivity index (χ0) is 28.4. The van der Waals surface area contributed by atoms with Crippen LogP contribution in [0.4, 0.5) is 8.78 Å². The summed E-state index contributed by atoms with van der Waals surface area (Å²) >= 11 is 0. The van der Waals surface area contributed by atoms with Crippen LogP contribution in [-0.2, 0) is 25.7 Å². The Bertz CT molecular complexity index is 1220. The largest absolute Gasteiger partial charge is 0.374 e. The van der Waals surface area contributed by atoms with Crippen LogP contribution in [0.15, 0.2) is 48.5 Å². The van der Waals surface area contributed by atoms with E-state index in [1.807, 2.05) is 30.3 Å². The minimum atomic E-state index is -1.25. The average Bonchev–Trinajstić information content (AvgIpc) is 3.14. The molecule has 2 fully saturated rings. The number of carbonyl (C=O) groups excluding carboxylic acids is 3. The molecule has 1 spiro atoms. The summed E-state index contributed by atoms with van der Waals surface area (Å²) in [5.41, 5.74) is 5.38. The molecule has 0 bridgehead atoms. The Morgan fingerprint density at radius 3 is 2.56 bits per heavy atom. The van der Waals surface area contributed by atoms with Crippen molar-refractivity contribution in [2.24, 2.45) is 11.1 Å². The van der Waals surface area contributed by atoms with Gasteiger partial charge in [-0.15, -0.1) is 0 Å². The molecule has 210 valence electrons. The van der Waals surface area contributed by atoms with Gasteiger partial charge in [0.15, 0.2) is 11.6 Å². The maximum absolute atomic E-state index is 13.8. The van der Waals surface area contributed by atoms with Gasteiger partial charge in [0, 0.05) is 32.6 Å². The smallest absolute Gasteiger partial charge is 0.247 e. The van der Waals surface area contributed by atoms with Crippen LogP contribution >= 0.6 is 0 Å². The molecule has 4 rings (SSSR count). The Balaban J connectivity index is 1.54. The molecule has 0 radical (unpaired) electrons. The van der Waals surface area contributed by atoms with Crippen molar-refractivity contribution < 1.29 is 27.9 Å². The van der Waals surface area contributed by atoms with Crippen molar-refractivity contribution in [3.63, 3.8) is 0 Å². The van der Waals surface area contributed by atoms with Crippen molar-refractivity contribution in [3.8, 4) is 0 Å². The van der Waals surface area contributed by atoms with E-state index in [2.05, 4.69) is 5.32 Å². The maximum atomic E-state index is 13.8. The third-order valence-corrected chi connectivity index (χ3v) is 7.66. The fraction of sp³-hybridized carbons (Fsp3) is 0.483. The second-order valence-electron chi connectivity index (χ2n) is 11.2. The van der Waals surface area contributed by atoms with Gasteiger partial charge in [-0.25, -0.2) is 8.78 Å². The number of rotatable bonds is 8. The summed E-state index contributed by atoms with van der Waals surface area (Å²) in [5, 5.41) is 2.69. The second-order valence-corrected chi connectivity index (χ2v) is 11.2. The molecule has 2 aliphatic rings. The highest BCUT2D eigenvalue weighted by atomic mass is 19.2. The number of piperidine rings is 1. The molecule has 2 aromatic rings. The monoisotopic (exact) mass is 542 g/mol. The van der Waals surface area contributed by atoms with Crippen molar-refractivity contribution in [1.82, 2.24) is 15.1 Å². The number of amides is 3. The SMILES string of the molecule is CN1CC(c2ccccc2)C2(CCCN(C(=O)[C@@H](COCc3ccc(F)c(F)c3)NC(=O)C(C)(C)N)C2)C1=O. The zero-order valence-corrected chi connectivity index (χ0v) is 22.6. The highest BCUT2D eigenvalue weighted by molar-refractivity contribution is 5.92. The molecule has 0 aliphatic carbocycles. The predicted octanol–water partition coefficient (Wildman–Crippen LogP) is 2.57. The van der Waals surface area contributed by atoms with E-state index in [9.17, 15) is 23.2 Å². The van der Waals surface area contributed by atoms with E-state index < -0.39 is 34.5 Å². The number of nitrogens with one attached hydrogen (secondary N) is 1. The summed E-state index contributed by atoms with van der Waals surface area (Å²) in [6.45, 7) is 3.96. The van der Waals surface area contributed by atoms with Gasteiger partial charge in [-0.3, -0.25) is 14.4 Å². The summed E-state index contributed by atoms with van der Waals surface area (Å²) in [6, 6.07) is 12.2. The molecule has 2 unspecified atom stereocenters. The summed E-state index contributed by atoms with van der Waals surface area (Å²) < 4.78 is 32.6. The molecule has 2 aliphatic heterocycles. The second kappa shape index (κ2) is 11.4. The highest BCUT2D eigenvalue weighted by Gasteiger charge is 2.55. The molecule has 8 nitrogen and oxygen atoms in total. The van der Waals surface area contributed by atoms with Gasteiger partial charge in [0.2, 0.25) is 17.7 Å². The standard InChI is InChI=1S/C29H36F2N4O4/c1-28(2,32)26(37)33-24(17-39-16-19-10-11-22(30)23(31)14-19)25(36)35-13-7-12-29(18-35)21(15-34(3)27(29)38)20-8-5-4-6-9-20/h4-6,8-11,14,21,24H,7,12-13,15-18,32H2,1-3H3,(H,33,37)/t21?,24-,29?/m1/s1. The molecule has 3 atom stereocenters. The molecule has 3 N–H and O–H groups in total. The van der Waals surface area contributed by atoms with Gasteiger partial charge in [-0.05, 0) is 49.9 Å². The summed E-state index contributed by atoms with van der Waals surface area (Å²) in [7, 11) is 1.78. The Kier molecular flexibility index (Phi) is 8.37. The number of likely N-dealkylation sites (tertiary alicyclic amines) is 2. The number of ether oxygens (including phenoxy) is 1. The van der Waals surface area contributed by atoms with Gasteiger partial charge in [0.25, 0.3) is 0 Å². The fourth-order valence-corrected chi connectivity index (χ4v) is 5.57. The first-order valence-electron chi connectivity index (χ1n) is 13.1. The fourth-order valence-electron chi connectivity index (χ4n) is 5.57. The maximum Gasteiger partial charge on any atom is 0.247 e. The molecule has 3 amide bonds. The van der Waals surface area contributed by atoms with E-state index in [4.69, 9.17) is 10.5 Å². The van der Waals surface area contributed by atoms with Crippen molar-refractivity contribution in [2.45, 2.75) is 50.8 Å². The lowest BCUT2D eigenvalue weighted by Gasteiger charge is -2.43. The normalized spacial score (nSPS) is 22.3. The third-order valence-electron chi connectivity index (χ3n) is 7.66. The van der Waals surface area contributed by atoms with Gasteiger partial charge in [-0.2, -0.15) is 0 Å². The van der Waals surface area contributed by atoms with Gasteiger partial charge < -0.3 is 25.6 Å². The number of hydrogen-bond donors (Lipinski definition) is 2. The summed E-state index contributed by atoms with van der Waals surface area (Å²) in [5.74, 6) is -2.96. The molecule has 2 heterocycles. The van der Waals surface area contributed by atoms with Crippen LogP contribution in [0.25, 0.3) is 0 Å². The van der Waals surface area contributed by atoms with Gasteiger partial charge in [0.1, 0.15) is 6.04 Å². The number of nitrogens with zero attached hydrogens (tertiary/aromatic N) is 2. The van der Waals surface area contributed by atoms with E-state index in [1.54, 1.807) is 16.8 Å². The molecule has 2 aromatic carbocycles. The average molecular weight is 543 g/mol. The van der Waals surface area contributed by atoms with Crippen LogP contribution < -0.4 is 11.1 Å². The first-order chi connectivity index (χ1) is 18.4. The van der Waals surface area contributed by atoms with Gasteiger partial charge in [-0.1, -0.05) is 36.4 Å². The van der Waals surface area contributed by atoms with Crippen LogP contribution in [-0.4, -0.2) is 72.4 Å². The Morgan fingerprint density at radius 1 is 1.18 bits per heavy atom. The molecular formula is C29H36F2N4O4.